The molecule has 0 aliphatic carbocycles. The van der Waals surface area contributed by atoms with Crippen molar-refractivity contribution in [1.29, 1.82) is 0 Å². The molecule has 1 aliphatic rings. The van der Waals surface area contributed by atoms with Crippen LogP contribution in [-0.4, -0.2) is 21.1 Å². The molecule has 3 heterocycles. The fourth-order valence-electron chi connectivity index (χ4n) is 2.33. The van der Waals surface area contributed by atoms with Crippen LogP contribution >= 0.6 is 35.3 Å². The average molecular weight is 298 g/mol. The van der Waals surface area contributed by atoms with Crippen LogP contribution in [-0.2, 0) is 6.54 Å². The molecule has 1 saturated heterocycles. The second-order valence-electron chi connectivity index (χ2n) is 4.57. The van der Waals surface area contributed by atoms with E-state index in [2.05, 4.69) is 4.98 Å². The van der Waals surface area contributed by atoms with E-state index in [1.54, 1.807) is 4.57 Å². The van der Waals surface area contributed by atoms with E-state index in [9.17, 15) is 4.79 Å². The van der Waals surface area contributed by atoms with Crippen molar-refractivity contribution in [1.82, 2.24) is 9.55 Å². The standard InChI is InChI=1S/C12H14N2OS3/c15-11-9-3-6-18-10(9)13-12(16)14(11)7-8-1-4-17-5-2-8/h3,6,8H,1-2,4-5,7H2,(H,13,16). The van der Waals surface area contributed by atoms with E-state index in [-0.39, 0.29) is 5.56 Å². The predicted octanol–water partition coefficient (Wildman–Crippen LogP) is 3.26. The van der Waals surface area contributed by atoms with E-state index in [4.69, 9.17) is 12.2 Å². The molecule has 2 aromatic heterocycles. The van der Waals surface area contributed by atoms with Crippen molar-refractivity contribution in [3.05, 3.63) is 26.6 Å². The number of thiophene rings is 1. The number of nitrogens with zero attached hydrogens (tertiary/aromatic N) is 1. The van der Waals surface area contributed by atoms with E-state index >= 15 is 0 Å². The molecule has 0 radical (unpaired) electrons. The quantitative estimate of drug-likeness (QED) is 0.865. The van der Waals surface area contributed by atoms with Gasteiger partial charge in [-0.3, -0.25) is 9.36 Å². The number of aromatic amines is 1. The molecule has 3 rings (SSSR count). The first-order chi connectivity index (χ1) is 8.75. The largest absolute Gasteiger partial charge is 0.323 e. The first-order valence-electron chi connectivity index (χ1n) is 6.04. The molecule has 0 atom stereocenters. The van der Waals surface area contributed by atoms with Crippen LogP contribution in [0.5, 0.6) is 0 Å². The second-order valence-corrected chi connectivity index (χ2v) is 7.09. The third-order valence-corrected chi connectivity index (χ3v) is 5.59. The van der Waals surface area contributed by atoms with E-state index in [0.717, 1.165) is 16.8 Å². The van der Waals surface area contributed by atoms with Crippen molar-refractivity contribution in [2.24, 2.45) is 5.92 Å². The topological polar surface area (TPSA) is 37.8 Å². The highest BCUT2D eigenvalue weighted by molar-refractivity contribution is 7.99. The lowest BCUT2D eigenvalue weighted by atomic mass is 10.0. The number of nitrogens with one attached hydrogen (secondary N) is 1. The molecule has 6 heteroatoms. The van der Waals surface area contributed by atoms with Crippen molar-refractivity contribution in [2.45, 2.75) is 19.4 Å². The van der Waals surface area contributed by atoms with E-state index in [1.165, 1.54) is 35.7 Å². The normalized spacial score (nSPS) is 17.3. The van der Waals surface area contributed by atoms with Crippen molar-refractivity contribution < 1.29 is 0 Å². The number of H-pyrrole nitrogens is 1. The zero-order valence-electron chi connectivity index (χ0n) is 9.85. The van der Waals surface area contributed by atoms with Gasteiger partial charge in [0.1, 0.15) is 4.83 Å². The molecule has 2 aromatic rings. The highest BCUT2D eigenvalue weighted by Gasteiger charge is 2.16. The Labute approximate surface area is 118 Å². The van der Waals surface area contributed by atoms with Crippen LogP contribution in [0.3, 0.4) is 0 Å². The summed E-state index contributed by atoms with van der Waals surface area (Å²) in [6.07, 6.45) is 2.38. The first-order valence-corrected chi connectivity index (χ1v) is 8.48. The molecule has 0 spiro atoms. The summed E-state index contributed by atoms with van der Waals surface area (Å²) >= 11 is 8.84. The molecular weight excluding hydrogens is 284 g/mol. The van der Waals surface area contributed by atoms with Gasteiger partial charge in [-0.1, -0.05) is 0 Å². The molecule has 1 N–H and O–H groups in total. The van der Waals surface area contributed by atoms with Gasteiger partial charge in [0.2, 0.25) is 0 Å². The Morgan fingerprint density at radius 2 is 2.22 bits per heavy atom. The number of rotatable bonds is 2. The van der Waals surface area contributed by atoms with E-state index in [1.807, 2.05) is 23.2 Å². The fraction of sp³-hybridized carbons (Fsp3) is 0.500. The van der Waals surface area contributed by atoms with Crippen LogP contribution < -0.4 is 5.56 Å². The minimum atomic E-state index is 0.0632. The summed E-state index contributed by atoms with van der Waals surface area (Å²) in [5.74, 6) is 3.00. The number of thioether (sulfide) groups is 1. The summed E-state index contributed by atoms with van der Waals surface area (Å²) in [6.45, 7) is 0.764. The second kappa shape index (κ2) is 5.19. The lowest BCUT2D eigenvalue weighted by molar-refractivity contribution is 0.406. The van der Waals surface area contributed by atoms with Crippen molar-refractivity contribution >= 4 is 45.5 Å². The molecule has 96 valence electrons. The summed E-state index contributed by atoms with van der Waals surface area (Å²) in [5.41, 5.74) is 0.0632. The Balaban J connectivity index is 2.00. The van der Waals surface area contributed by atoms with Gasteiger partial charge < -0.3 is 4.98 Å². The SMILES string of the molecule is O=c1c2ccsc2[nH]c(=S)n1CC1CCSCC1. The summed E-state index contributed by atoms with van der Waals surface area (Å²) < 4.78 is 2.30. The van der Waals surface area contributed by atoms with Crippen LogP contribution in [0.4, 0.5) is 0 Å². The van der Waals surface area contributed by atoms with Crippen molar-refractivity contribution in [3.8, 4) is 0 Å². The number of hydrogen-bond acceptors (Lipinski definition) is 4. The summed E-state index contributed by atoms with van der Waals surface area (Å²) in [7, 11) is 0. The van der Waals surface area contributed by atoms with Gasteiger partial charge in [-0.15, -0.1) is 11.3 Å². The maximum absolute atomic E-state index is 12.4. The molecule has 3 nitrogen and oxygen atoms in total. The maximum Gasteiger partial charge on any atom is 0.263 e. The highest BCUT2D eigenvalue weighted by Crippen LogP contribution is 2.24. The number of fused-ring (bicyclic) bond motifs is 1. The maximum atomic E-state index is 12.4. The van der Waals surface area contributed by atoms with Crippen LogP contribution in [0.1, 0.15) is 12.8 Å². The fourth-order valence-corrected chi connectivity index (χ4v) is 4.64. The van der Waals surface area contributed by atoms with Crippen LogP contribution in [0.15, 0.2) is 16.2 Å². The minimum Gasteiger partial charge on any atom is -0.323 e. The Morgan fingerprint density at radius 3 is 3.00 bits per heavy atom. The lowest BCUT2D eigenvalue weighted by Crippen LogP contribution is -2.27. The molecule has 0 amide bonds. The zero-order chi connectivity index (χ0) is 12.5. The molecular formula is C12H14N2OS3. The number of aromatic nitrogens is 2. The molecule has 1 fully saturated rings. The van der Waals surface area contributed by atoms with Crippen molar-refractivity contribution in [2.75, 3.05) is 11.5 Å². The summed E-state index contributed by atoms with van der Waals surface area (Å²) in [4.78, 5) is 16.4. The molecule has 0 unspecified atom stereocenters. The Morgan fingerprint density at radius 1 is 1.44 bits per heavy atom. The predicted molar refractivity (Wildman–Crippen MR) is 81.3 cm³/mol. The van der Waals surface area contributed by atoms with Gasteiger partial charge in [-0.2, -0.15) is 11.8 Å². The van der Waals surface area contributed by atoms with Gasteiger partial charge in [0.05, 0.1) is 5.39 Å². The summed E-state index contributed by atoms with van der Waals surface area (Å²) in [5, 5.41) is 2.69. The van der Waals surface area contributed by atoms with Gasteiger partial charge in [0.25, 0.3) is 5.56 Å². The van der Waals surface area contributed by atoms with Gasteiger partial charge >= 0.3 is 0 Å². The molecule has 1 aliphatic heterocycles. The van der Waals surface area contributed by atoms with Gasteiger partial charge in [-0.25, -0.2) is 0 Å². The number of hydrogen-bond donors (Lipinski definition) is 1. The molecule has 18 heavy (non-hydrogen) atoms. The molecule has 0 bridgehead atoms. The summed E-state index contributed by atoms with van der Waals surface area (Å²) in [6, 6.07) is 1.88. The van der Waals surface area contributed by atoms with Crippen LogP contribution in [0.2, 0.25) is 0 Å². The van der Waals surface area contributed by atoms with Gasteiger partial charge in [0, 0.05) is 6.54 Å². The Bertz CT molecular complexity index is 664. The third-order valence-electron chi connectivity index (χ3n) is 3.39. The van der Waals surface area contributed by atoms with E-state index < -0.39 is 0 Å². The zero-order valence-corrected chi connectivity index (χ0v) is 12.3. The minimum absolute atomic E-state index is 0.0632. The van der Waals surface area contributed by atoms with E-state index in [0.29, 0.717) is 10.7 Å². The molecule has 0 saturated carbocycles. The monoisotopic (exact) mass is 298 g/mol. The van der Waals surface area contributed by atoms with Gasteiger partial charge in [0.15, 0.2) is 4.77 Å². The first kappa shape index (κ1) is 12.4. The van der Waals surface area contributed by atoms with Crippen LogP contribution in [0, 0.1) is 10.7 Å². The lowest BCUT2D eigenvalue weighted by Gasteiger charge is -2.22. The highest BCUT2D eigenvalue weighted by atomic mass is 32.2. The van der Waals surface area contributed by atoms with Gasteiger partial charge in [-0.05, 0) is 53.9 Å². The molecule has 0 aromatic carbocycles. The van der Waals surface area contributed by atoms with Crippen molar-refractivity contribution in [3.63, 3.8) is 0 Å². The Kier molecular flexibility index (Phi) is 3.59. The smallest absolute Gasteiger partial charge is 0.263 e. The Hall–Kier alpha value is -0.590. The third kappa shape index (κ3) is 2.29. The average Bonchev–Trinajstić information content (AvgIpc) is 2.84. The van der Waals surface area contributed by atoms with Crippen LogP contribution in [0.25, 0.3) is 10.2 Å².